The Balaban J connectivity index is 2.66. The topological polar surface area (TPSA) is 67.8 Å². The van der Waals surface area contributed by atoms with Gasteiger partial charge in [-0.1, -0.05) is 13.0 Å². The molecule has 1 rings (SSSR count). The molecule has 2 atom stereocenters. The Kier molecular flexibility index (Phi) is 6.31. The molecule has 2 N–H and O–H groups in total. The van der Waals surface area contributed by atoms with Crippen molar-refractivity contribution in [3.8, 4) is 11.5 Å². The lowest BCUT2D eigenvalue weighted by molar-refractivity contribution is -0.123. The molecule has 1 aromatic carbocycles. The zero-order chi connectivity index (χ0) is 15.1. The van der Waals surface area contributed by atoms with Gasteiger partial charge < -0.3 is 19.9 Å². The monoisotopic (exact) mass is 281 g/mol. The van der Waals surface area contributed by atoms with E-state index in [-0.39, 0.29) is 18.6 Å². The molecule has 0 aliphatic rings. The van der Waals surface area contributed by atoms with E-state index in [1.165, 1.54) is 7.11 Å². The van der Waals surface area contributed by atoms with Gasteiger partial charge in [-0.05, 0) is 38.0 Å². The summed E-state index contributed by atoms with van der Waals surface area (Å²) in [5.41, 5.74) is 0.734. The van der Waals surface area contributed by atoms with Gasteiger partial charge in [-0.3, -0.25) is 4.79 Å². The Bertz CT molecular complexity index is 445. The van der Waals surface area contributed by atoms with Crippen molar-refractivity contribution in [1.82, 2.24) is 5.32 Å². The molecule has 112 valence electrons. The quantitative estimate of drug-likeness (QED) is 0.802. The number of methoxy groups -OCH3 is 1. The van der Waals surface area contributed by atoms with Crippen LogP contribution < -0.4 is 14.8 Å². The summed E-state index contributed by atoms with van der Waals surface area (Å²) >= 11 is 0. The highest BCUT2D eigenvalue weighted by Crippen LogP contribution is 2.30. The molecule has 0 saturated heterocycles. The normalized spacial score (nSPS) is 13.4. The summed E-state index contributed by atoms with van der Waals surface area (Å²) in [6.45, 7) is 5.56. The summed E-state index contributed by atoms with van der Waals surface area (Å²) in [6.07, 6.45) is 0.296. The zero-order valence-corrected chi connectivity index (χ0v) is 12.5. The lowest BCUT2D eigenvalue weighted by Crippen LogP contribution is -2.35. The van der Waals surface area contributed by atoms with Crippen LogP contribution in [0.3, 0.4) is 0 Å². The largest absolute Gasteiger partial charge is 0.493 e. The maximum Gasteiger partial charge on any atom is 0.258 e. The number of aliphatic hydroxyl groups is 1. The highest BCUT2D eigenvalue weighted by Gasteiger charge is 2.11. The second kappa shape index (κ2) is 7.75. The number of aliphatic hydroxyl groups excluding tert-OH is 1. The molecule has 0 fully saturated rings. The average molecular weight is 281 g/mol. The van der Waals surface area contributed by atoms with Gasteiger partial charge in [0.1, 0.15) is 0 Å². The van der Waals surface area contributed by atoms with Gasteiger partial charge in [-0.2, -0.15) is 0 Å². The third-order valence-electron chi connectivity index (χ3n) is 3.05. The van der Waals surface area contributed by atoms with Crippen molar-refractivity contribution >= 4 is 5.91 Å². The average Bonchev–Trinajstić information content (AvgIpc) is 2.44. The van der Waals surface area contributed by atoms with Crippen LogP contribution in [-0.2, 0) is 4.79 Å². The number of carbonyl (C=O) groups excluding carboxylic acids is 1. The Morgan fingerprint density at radius 3 is 2.60 bits per heavy atom. The van der Waals surface area contributed by atoms with Gasteiger partial charge in [0, 0.05) is 6.04 Å². The molecule has 0 aliphatic heterocycles. The minimum absolute atomic E-state index is 0.0608. The molecule has 5 heteroatoms. The Hall–Kier alpha value is -1.75. The van der Waals surface area contributed by atoms with Crippen LogP contribution in [0.1, 0.15) is 38.9 Å². The van der Waals surface area contributed by atoms with Crippen LogP contribution in [0.25, 0.3) is 0 Å². The van der Waals surface area contributed by atoms with E-state index in [4.69, 9.17) is 9.47 Å². The zero-order valence-electron chi connectivity index (χ0n) is 12.5. The number of ether oxygens (including phenoxy) is 2. The van der Waals surface area contributed by atoms with E-state index in [9.17, 15) is 9.90 Å². The van der Waals surface area contributed by atoms with Crippen molar-refractivity contribution in [3.63, 3.8) is 0 Å². The van der Waals surface area contributed by atoms with Gasteiger partial charge in [-0.15, -0.1) is 0 Å². The first-order chi connectivity index (χ1) is 9.47. The van der Waals surface area contributed by atoms with E-state index in [2.05, 4.69) is 5.32 Å². The molecule has 1 amide bonds. The number of carbonyl (C=O) groups is 1. The molecular weight excluding hydrogens is 258 g/mol. The SMILES string of the molecule is CCC(C)NC(=O)COc1ccc([C@@H](C)O)cc1OC. The van der Waals surface area contributed by atoms with Gasteiger partial charge in [0.05, 0.1) is 13.2 Å². The molecule has 0 saturated carbocycles. The summed E-state index contributed by atoms with van der Waals surface area (Å²) in [6, 6.07) is 5.27. The summed E-state index contributed by atoms with van der Waals surface area (Å²) in [5.74, 6) is 0.817. The van der Waals surface area contributed by atoms with Crippen molar-refractivity contribution < 1.29 is 19.4 Å². The van der Waals surface area contributed by atoms with E-state index < -0.39 is 6.10 Å². The third-order valence-corrected chi connectivity index (χ3v) is 3.05. The fraction of sp³-hybridized carbons (Fsp3) is 0.533. The number of benzene rings is 1. The number of hydrogen-bond donors (Lipinski definition) is 2. The number of rotatable bonds is 7. The molecule has 0 bridgehead atoms. The van der Waals surface area contributed by atoms with Gasteiger partial charge in [-0.25, -0.2) is 0 Å². The summed E-state index contributed by atoms with van der Waals surface area (Å²) in [7, 11) is 1.52. The van der Waals surface area contributed by atoms with Crippen molar-refractivity contribution in [2.45, 2.75) is 39.3 Å². The highest BCUT2D eigenvalue weighted by atomic mass is 16.5. The van der Waals surface area contributed by atoms with E-state index >= 15 is 0 Å². The number of hydrogen-bond acceptors (Lipinski definition) is 4. The number of amides is 1. The summed E-state index contributed by atoms with van der Waals surface area (Å²) in [4.78, 5) is 11.6. The van der Waals surface area contributed by atoms with Crippen LogP contribution in [-0.4, -0.2) is 30.8 Å². The smallest absolute Gasteiger partial charge is 0.258 e. The molecule has 0 aliphatic carbocycles. The second-order valence-corrected chi connectivity index (χ2v) is 4.75. The molecule has 20 heavy (non-hydrogen) atoms. The molecule has 0 aromatic heterocycles. The van der Waals surface area contributed by atoms with E-state index in [0.29, 0.717) is 11.5 Å². The van der Waals surface area contributed by atoms with Crippen LogP contribution in [0.4, 0.5) is 0 Å². The Morgan fingerprint density at radius 1 is 1.35 bits per heavy atom. The first-order valence-corrected chi connectivity index (χ1v) is 6.76. The van der Waals surface area contributed by atoms with E-state index in [0.717, 1.165) is 12.0 Å². The van der Waals surface area contributed by atoms with Crippen LogP contribution in [0, 0.1) is 0 Å². The molecule has 1 aromatic rings. The fourth-order valence-corrected chi connectivity index (χ4v) is 1.63. The van der Waals surface area contributed by atoms with Crippen molar-refractivity contribution in [1.29, 1.82) is 0 Å². The maximum absolute atomic E-state index is 11.6. The van der Waals surface area contributed by atoms with Gasteiger partial charge in [0.2, 0.25) is 0 Å². The van der Waals surface area contributed by atoms with Gasteiger partial charge in [0.25, 0.3) is 5.91 Å². The molecule has 0 heterocycles. The fourth-order valence-electron chi connectivity index (χ4n) is 1.63. The number of nitrogens with one attached hydrogen (secondary N) is 1. The minimum Gasteiger partial charge on any atom is -0.493 e. The van der Waals surface area contributed by atoms with E-state index in [1.54, 1.807) is 25.1 Å². The first kappa shape index (κ1) is 16.3. The second-order valence-electron chi connectivity index (χ2n) is 4.75. The summed E-state index contributed by atoms with van der Waals surface area (Å²) in [5, 5.41) is 12.3. The lowest BCUT2D eigenvalue weighted by atomic mass is 10.1. The van der Waals surface area contributed by atoms with Gasteiger partial charge in [0.15, 0.2) is 18.1 Å². The Labute approximate surface area is 119 Å². The van der Waals surface area contributed by atoms with Crippen molar-refractivity contribution in [2.24, 2.45) is 0 Å². The van der Waals surface area contributed by atoms with Crippen LogP contribution in [0.5, 0.6) is 11.5 Å². The van der Waals surface area contributed by atoms with Crippen LogP contribution >= 0.6 is 0 Å². The van der Waals surface area contributed by atoms with Gasteiger partial charge >= 0.3 is 0 Å². The minimum atomic E-state index is -0.577. The molecule has 5 nitrogen and oxygen atoms in total. The molecule has 1 unspecified atom stereocenters. The first-order valence-electron chi connectivity index (χ1n) is 6.76. The maximum atomic E-state index is 11.6. The third kappa shape index (κ3) is 4.74. The molecule has 0 radical (unpaired) electrons. The molecular formula is C15H23NO4. The summed E-state index contributed by atoms with van der Waals surface area (Å²) < 4.78 is 10.7. The standard InChI is InChI=1S/C15H23NO4/c1-5-10(2)16-15(18)9-20-13-7-6-12(11(3)17)8-14(13)19-4/h6-8,10-11,17H,5,9H2,1-4H3,(H,16,18)/t10?,11-/m1/s1. The Morgan fingerprint density at radius 2 is 2.05 bits per heavy atom. The highest BCUT2D eigenvalue weighted by molar-refractivity contribution is 5.77. The lowest BCUT2D eigenvalue weighted by Gasteiger charge is -2.15. The molecule has 0 spiro atoms. The predicted molar refractivity (Wildman–Crippen MR) is 77.0 cm³/mol. The predicted octanol–water partition coefficient (Wildman–Crippen LogP) is 2.04. The van der Waals surface area contributed by atoms with Crippen LogP contribution in [0.15, 0.2) is 18.2 Å². The van der Waals surface area contributed by atoms with E-state index in [1.807, 2.05) is 13.8 Å². The van der Waals surface area contributed by atoms with Crippen LogP contribution in [0.2, 0.25) is 0 Å². The van der Waals surface area contributed by atoms with Crippen molar-refractivity contribution in [2.75, 3.05) is 13.7 Å². The van der Waals surface area contributed by atoms with Crippen molar-refractivity contribution in [3.05, 3.63) is 23.8 Å².